The fourth-order valence-electron chi connectivity index (χ4n) is 1.72. The van der Waals surface area contributed by atoms with E-state index in [0.29, 0.717) is 6.07 Å². The lowest BCUT2D eigenvalue weighted by Crippen LogP contribution is -2.15. The van der Waals surface area contributed by atoms with E-state index in [1.165, 1.54) is 0 Å². The summed E-state index contributed by atoms with van der Waals surface area (Å²) < 4.78 is 64.1. The standard InChI is InChI=1S/C9H5F5N2O2/c10-8(11)3-15-6-1-5(9(12,13)14)7(16(17)18)2-4(6)8/h1-2,15H,3H2. The van der Waals surface area contributed by atoms with E-state index < -0.39 is 46.1 Å². The average Bonchev–Trinajstić information content (AvgIpc) is 2.52. The number of alkyl halides is 5. The minimum atomic E-state index is -4.98. The van der Waals surface area contributed by atoms with Crippen LogP contribution in [0.5, 0.6) is 0 Å². The third kappa shape index (κ3) is 1.85. The van der Waals surface area contributed by atoms with Gasteiger partial charge in [0.1, 0.15) is 5.56 Å². The number of nitrogens with zero attached hydrogens (tertiary/aromatic N) is 1. The van der Waals surface area contributed by atoms with Crippen LogP contribution in [0.4, 0.5) is 33.3 Å². The first kappa shape index (κ1) is 12.5. The lowest BCUT2D eigenvalue weighted by atomic mass is 10.0. The van der Waals surface area contributed by atoms with Gasteiger partial charge in [0.2, 0.25) is 0 Å². The van der Waals surface area contributed by atoms with Gasteiger partial charge in [-0.25, -0.2) is 0 Å². The van der Waals surface area contributed by atoms with Crippen LogP contribution in [0.25, 0.3) is 0 Å². The summed E-state index contributed by atoms with van der Waals surface area (Å²) in [6, 6.07) is 0.618. The third-order valence-electron chi connectivity index (χ3n) is 2.53. The number of hydrogen-bond acceptors (Lipinski definition) is 3. The molecule has 0 amide bonds. The zero-order valence-electron chi connectivity index (χ0n) is 8.52. The second-order valence-electron chi connectivity index (χ2n) is 3.73. The molecule has 2 rings (SSSR count). The monoisotopic (exact) mass is 268 g/mol. The van der Waals surface area contributed by atoms with Crippen molar-refractivity contribution < 1.29 is 26.9 Å². The van der Waals surface area contributed by atoms with Crippen LogP contribution in [0.1, 0.15) is 11.1 Å². The summed E-state index contributed by atoms with van der Waals surface area (Å²) in [7, 11) is 0. The van der Waals surface area contributed by atoms with E-state index in [2.05, 4.69) is 5.32 Å². The normalized spacial score (nSPS) is 17.2. The second-order valence-corrected chi connectivity index (χ2v) is 3.73. The Morgan fingerprint density at radius 1 is 1.33 bits per heavy atom. The minimum Gasteiger partial charge on any atom is -0.378 e. The largest absolute Gasteiger partial charge is 0.423 e. The van der Waals surface area contributed by atoms with Gasteiger partial charge in [-0.05, 0) is 6.07 Å². The second kappa shape index (κ2) is 3.53. The van der Waals surface area contributed by atoms with Gasteiger partial charge in [-0.1, -0.05) is 0 Å². The minimum absolute atomic E-state index is 0.276. The van der Waals surface area contributed by atoms with Crippen molar-refractivity contribution in [3.8, 4) is 0 Å². The molecule has 0 aromatic heterocycles. The van der Waals surface area contributed by atoms with E-state index in [-0.39, 0.29) is 6.07 Å². The van der Waals surface area contributed by atoms with Crippen molar-refractivity contribution in [2.24, 2.45) is 0 Å². The molecule has 1 heterocycles. The molecule has 0 spiro atoms. The molecule has 0 saturated carbocycles. The molecular weight excluding hydrogens is 263 g/mol. The van der Waals surface area contributed by atoms with Crippen molar-refractivity contribution in [1.29, 1.82) is 0 Å². The van der Waals surface area contributed by atoms with Gasteiger partial charge >= 0.3 is 6.18 Å². The maximum absolute atomic E-state index is 13.2. The van der Waals surface area contributed by atoms with E-state index in [1.807, 2.05) is 0 Å². The van der Waals surface area contributed by atoms with E-state index in [4.69, 9.17) is 0 Å². The SMILES string of the molecule is O=[N+]([O-])c1cc2c(cc1C(F)(F)F)NCC2(F)F. The molecule has 98 valence electrons. The Labute approximate surface area is 96.6 Å². The highest BCUT2D eigenvalue weighted by Crippen LogP contribution is 2.46. The molecule has 1 aromatic carbocycles. The number of nitro benzene ring substituents is 1. The fourth-order valence-corrected chi connectivity index (χ4v) is 1.72. The number of benzene rings is 1. The quantitative estimate of drug-likeness (QED) is 0.483. The van der Waals surface area contributed by atoms with Gasteiger partial charge < -0.3 is 5.32 Å². The molecule has 1 aliphatic rings. The Kier molecular flexibility index (Phi) is 2.46. The predicted molar refractivity (Wildman–Crippen MR) is 50.5 cm³/mol. The molecule has 0 atom stereocenters. The van der Waals surface area contributed by atoms with Crippen molar-refractivity contribution >= 4 is 11.4 Å². The van der Waals surface area contributed by atoms with Crippen LogP contribution >= 0.6 is 0 Å². The fraction of sp³-hybridized carbons (Fsp3) is 0.333. The van der Waals surface area contributed by atoms with Gasteiger partial charge in [-0.2, -0.15) is 22.0 Å². The number of halogens is 5. The molecular formula is C9H5F5N2O2. The number of nitro groups is 1. The highest BCUT2D eigenvalue weighted by atomic mass is 19.4. The molecule has 0 aliphatic carbocycles. The Morgan fingerprint density at radius 3 is 2.44 bits per heavy atom. The summed E-state index contributed by atoms with van der Waals surface area (Å²) in [6.45, 7) is -0.874. The van der Waals surface area contributed by atoms with Gasteiger partial charge in [0.25, 0.3) is 11.6 Å². The van der Waals surface area contributed by atoms with Crippen LogP contribution in [0.2, 0.25) is 0 Å². The maximum Gasteiger partial charge on any atom is 0.423 e. The first-order chi connectivity index (χ1) is 8.13. The lowest BCUT2D eigenvalue weighted by Gasteiger charge is -2.11. The van der Waals surface area contributed by atoms with Crippen molar-refractivity contribution in [1.82, 2.24) is 0 Å². The van der Waals surface area contributed by atoms with Crippen molar-refractivity contribution in [2.75, 3.05) is 11.9 Å². The Bertz CT molecular complexity index is 526. The van der Waals surface area contributed by atoms with Gasteiger partial charge in [0.05, 0.1) is 17.0 Å². The van der Waals surface area contributed by atoms with Gasteiger partial charge in [-0.3, -0.25) is 10.1 Å². The number of rotatable bonds is 1. The van der Waals surface area contributed by atoms with E-state index in [0.717, 1.165) is 0 Å². The summed E-state index contributed by atoms with van der Waals surface area (Å²) in [4.78, 5) is 9.20. The first-order valence-corrected chi connectivity index (χ1v) is 4.65. The van der Waals surface area contributed by atoms with E-state index >= 15 is 0 Å². The van der Waals surface area contributed by atoms with Crippen LogP contribution in [0, 0.1) is 10.1 Å². The van der Waals surface area contributed by atoms with Gasteiger partial charge in [-0.15, -0.1) is 0 Å². The van der Waals surface area contributed by atoms with Crippen LogP contribution < -0.4 is 5.32 Å². The van der Waals surface area contributed by atoms with E-state index in [9.17, 15) is 32.1 Å². The predicted octanol–water partition coefficient (Wildman–Crippen LogP) is 3.13. The zero-order valence-corrected chi connectivity index (χ0v) is 8.52. The Balaban J connectivity index is 2.69. The Hall–Kier alpha value is -1.93. The van der Waals surface area contributed by atoms with Crippen LogP contribution in [0.3, 0.4) is 0 Å². The van der Waals surface area contributed by atoms with Crippen molar-refractivity contribution in [2.45, 2.75) is 12.1 Å². The van der Waals surface area contributed by atoms with Crippen LogP contribution in [-0.4, -0.2) is 11.5 Å². The van der Waals surface area contributed by atoms with Crippen molar-refractivity contribution in [3.05, 3.63) is 33.4 Å². The zero-order chi connectivity index (χ0) is 13.7. The maximum atomic E-state index is 13.2. The van der Waals surface area contributed by atoms with Crippen molar-refractivity contribution in [3.63, 3.8) is 0 Å². The van der Waals surface area contributed by atoms with Gasteiger partial charge in [0, 0.05) is 11.8 Å². The average molecular weight is 268 g/mol. The molecule has 0 bridgehead atoms. The lowest BCUT2D eigenvalue weighted by molar-refractivity contribution is -0.388. The summed E-state index contributed by atoms with van der Waals surface area (Å²) in [5, 5.41) is 12.6. The summed E-state index contributed by atoms with van der Waals surface area (Å²) in [5.74, 6) is -3.41. The summed E-state index contributed by atoms with van der Waals surface area (Å²) in [6.07, 6.45) is -4.98. The number of fused-ring (bicyclic) bond motifs is 1. The molecule has 1 aliphatic heterocycles. The molecule has 0 unspecified atom stereocenters. The topological polar surface area (TPSA) is 55.2 Å². The highest BCUT2D eigenvalue weighted by Gasteiger charge is 2.45. The highest BCUT2D eigenvalue weighted by molar-refractivity contribution is 5.65. The van der Waals surface area contributed by atoms with Crippen LogP contribution in [-0.2, 0) is 12.1 Å². The Morgan fingerprint density at radius 2 is 1.94 bits per heavy atom. The summed E-state index contributed by atoms with van der Waals surface area (Å²) >= 11 is 0. The summed E-state index contributed by atoms with van der Waals surface area (Å²) in [5.41, 5.74) is -4.14. The molecule has 9 heteroatoms. The molecule has 0 radical (unpaired) electrons. The smallest absolute Gasteiger partial charge is 0.378 e. The molecule has 4 nitrogen and oxygen atoms in total. The van der Waals surface area contributed by atoms with Crippen LogP contribution in [0.15, 0.2) is 12.1 Å². The van der Waals surface area contributed by atoms with E-state index in [1.54, 1.807) is 0 Å². The first-order valence-electron chi connectivity index (χ1n) is 4.65. The molecule has 1 aromatic rings. The third-order valence-corrected chi connectivity index (χ3v) is 2.53. The number of nitrogens with one attached hydrogen (secondary N) is 1. The molecule has 0 saturated heterocycles. The number of hydrogen-bond donors (Lipinski definition) is 1. The molecule has 1 N–H and O–H groups in total. The van der Waals surface area contributed by atoms with Gasteiger partial charge in [0.15, 0.2) is 0 Å². The molecule has 18 heavy (non-hydrogen) atoms. The number of anilines is 1. The molecule has 0 fully saturated rings.